The van der Waals surface area contributed by atoms with Gasteiger partial charge in [-0.25, -0.2) is 0 Å². The van der Waals surface area contributed by atoms with Gasteiger partial charge < -0.3 is 5.41 Å². The van der Waals surface area contributed by atoms with E-state index in [4.69, 9.17) is 17.0 Å². The molecule has 1 aliphatic rings. The van der Waals surface area contributed by atoms with Crippen LogP contribution < -0.4 is 0 Å². The molecular formula is C8H8ClN. The molecule has 1 aliphatic carbocycles. The predicted octanol–water partition coefficient (Wildman–Crippen LogP) is 2.64. The zero-order valence-electron chi connectivity index (χ0n) is 5.69. The van der Waals surface area contributed by atoms with Crippen molar-refractivity contribution in [2.75, 3.05) is 0 Å². The van der Waals surface area contributed by atoms with Crippen molar-refractivity contribution in [3.05, 3.63) is 34.9 Å². The van der Waals surface area contributed by atoms with Crippen LogP contribution in [0.3, 0.4) is 0 Å². The van der Waals surface area contributed by atoms with Crippen molar-refractivity contribution in [1.82, 2.24) is 0 Å². The SMILES string of the molecule is C/C=C1/C=C(Cl)C=CC1=N. The van der Waals surface area contributed by atoms with Crippen molar-refractivity contribution in [3.8, 4) is 0 Å². The van der Waals surface area contributed by atoms with Crippen LogP contribution in [0.15, 0.2) is 34.9 Å². The van der Waals surface area contributed by atoms with Crippen molar-refractivity contribution in [1.29, 1.82) is 5.41 Å². The number of nitrogens with one attached hydrogen (secondary N) is 1. The summed E-state index contributed by atoms with van der Waals surface area (Å²) in [5, 5.41) is 8.06. The molecule has 0 fully saturated rings. The Morgan fingerprint density at radius 2 is 2.20 bits per heavy atom. The molecule has 1 rings (SSSR count). The highest BCUT2D eigenvalue weighted by Crippen LogP contribution is 2.15. The van der Waals surface area contributed by atoms with Crippen LogP contribution in [0, 0.1) is 5.41 Å². The molecule has 0 aromatic heterocycles. The first-order chi connectivity index (χ1) is 4.74. The van der Waals surface area contributed by atoms with E-state index in [1.807, 2.05) is 13.0 Å². The van der Waals surface area contributed by atoms with Crippen LogP contribution in [0.25, 0.3) is 0 Å². The first-order valence-corrected chi connectivity index (χ1v) is 3.42. The Balaban J connectivity index is 2.99. The molecule has 0 bridgehead atoms. The van der Waals surface area contributed by atoms with Gasteiger partial charge in [-0.3, -0.25) is 0 Å². The molecule has 0 radical (unpaired) electrons. The van der Waals surface area contributed by atoms with Gasteiger partial charge in [0.15, 0.2) is 0 Å². The van der Waals surface area contributed by atoms with E-state index in [9.17, 15) is 0 Å². The molecule has 1 nitrogen and oxygen atoms in total. The van der Waals surface area contributed by atoms with Gasteiger partial charge in [-0.05, 0) is 30.7 Å². The lowest BCUT2D eigenvalue weighted by Gasteiger charge is -2.03. The van der Waals surface area contributed by atoms with Gasteiger partial charge in [0.2, 0.25) is 0 Å². The summed E-state index contributed by atoms with van der Waals surface area (Å²) >= 11 is 5.69. The zero-order chi connectivity index (χ0) is 7.56. The van der Waals surface area contributed by atoms with E-state index in [1.165, 1.54) is 0 Å². The fourth-order valence-electron chi connectivity index (χ4n) is 0.772. The Hall–Kier alpha value is -0.820. The zero-order valence-corrected chi connectivity index (χ0v) is 6.44. The summed E-state index contributed by atoms with van der Waals surface area (Å²) in [6.45, 7) is 1.89. The lowest BCUT2D eigenvalue weighted by Crippen LogP contribution is -1.97. The van der Waals surface area contributed by atoms with Crippen LogP contribution in [-0.2, 0) is 0 Å². The largest absolute Gasteiger partial charge is 0.300 e. The van der Waals surface area contributed by atoms with Crippen LogP contribution in [0.1, 0.15) is 6.92 Å². The summed E-state index contributed by atoms with van der Waals surface area (Å²) < 4.78 is 0. The van der Waals surface area contributed by atoms with E-state index >= 15 is 0 Å². The monoisotopic (exact) mass is 153 g/mol. The maximum atomic E-state index is 7.38. The van der Waals surface area contributed by atoms with Gasteiger partial charge in [-0.1, -0.05) is 17.7 Å². The standard InChI is InChI=1S/C8H8ClN/c1-2-6-5-7(9)3-4-8(6)10/h2-5,10H,1H3/b6-2-,10-8?. The van der Waals surface area contributed by atoms with Crippen LogP contribution in [0.5, 0.6) is 0 Å². The number of hydrogen-bond acceptors (Lipinski definition) is 1. The number of rotatable bonds is 0. The fraction of sp³-hybridized carbons (Fsp3) is 0.125. The minimum Gasteiger partial charge on any atom is -0.300 e. The molecule has 10 heavy (non-hydrogen) atoms. The highest BCUT2D eigenvalue weighted by atomic mass is 35.5. The number of halogens is 1. The first-order valence-electron chi connectivity index (χ1n) is 3.04. The van der Waals surface area contributed by atoms with Gasteiger partial charge in [0.05, 0.1) is 5.71 Å². The maximum absolute atomic E-state index is 7.38. The third-order valence-electron chi connectivity index (χ3n) is 1.32. The molecule has 0 aromatic carbocycles. The van der Waals surface area contributed by atoms with E-state index < -0.39 is 0 Å². The van der Waals surface area contributed by atoms with Gasteiger partial charge in [0.25, 0.3) is 0 Å². The Labute approximate surface area is 65.2 Å². The van der Waals surface area contributed by atoms with Crippen LogP contribution >= 0.6 is 11.6 Å². The maximum Gasteiger partial charge on any atom is 0.0609 e. The van der Waals surface area contributed by atoms with Crippen molar-refractivity contribution in [2.24, 2.45) is 0 Å². The molecule has 0 amide bonds. The van der Waals surface area contributed by atoms with Crippen molar-refractivity contribution >= 4 is 17.3 Å². The molecule has 0 aromatic rings. The molecule has 0 unspecified atom stereocenters. The smallest absolute Gasteiger partial charge is 0.0609 e. The Kier molecular flexibility index (Phi) is 2.07. The summed E-state index contributed by atoms with van der Waals surface area (Å²) in [5.74, 6) is 0. The Morgan fingerprint density at radius 1 is 1.50 bits per heavy atom. The topological polar surface area (TPSA) is 23.9 Å². The Morgan fingerprint density at radius 3 is 2.70 bits per heavy atom. The minimum absolute atomic E-state index is 0.520. The lowest BCUT2D eigenvalue weighted by atomic mass is 10.1. The molecule has 2 heteroatoms. The van der Waals surface area contributed by atoms with Gasteiger partial charge in [-0.15, -0.1) is 0 Å². The molecule has 0 heterocycles. The second-order valence-electron chi connectivity index (χ2n) is 2.02. The van der Waals surface area contributed by atoms with E-state index in [0.717, 1.165) is 5.57 Å². The van der Waals surface area contributed by atoms with Crippen LogP contribution in [0.4, 0.5) is 0 Å². The second-order valence-corrected chi connectivity index (χ2v) is 2.46. The van der Waals surface area contributed by atoms with Crippen molar-refractivity contribution < 1.29 is 0 Å². The summed E-state index contributed by atoms with van der Waals surface area (Å²) in [6.07, 6.45) is 7.06. The lowest BCUT2D eigenvalue weighted by molar-refractivity contribution is 1.47. The quantitative estimate of drug-likeness (QED) is 0.553. The van der Waals surface area contributed by atoms with Crippen LogP contribution in [0.2, 0.25) is 0 Å². The molecule has 1 N–H and O–H groups in total. The third kappa shape index (κ3) is 1.36. The highest BCUT2D eigenvalue weighted by Gasteiger charge is 2.02. The predicted molar refractivity (Wildman–Crippen MR) is 44.6 cm³/mol. The third-order valence-corrected chi connectivity index (χ3v) is 1.56. The van der Waals surface area contributed by atoms with Crippen molar-refractivity contribution in [2.45, 2.75) is 6.92 Å². The Bertz CT molecular complexity index is 246. The summed E-state index contributed by atoms with van der Waals surface area (Å²) in [7, 11) is 0. The molecule has 0 saturated heterocycles. The normalized spacial score (nSPS) is 21.6. The minimum atomic E-state index is 0.520. The van der Waals surface area contributed by atoms with Gasteiger partial charge in [-0.2, -0.15) is 0 Å². The van der Waals surface area contributed by atoms with Gasteiger partial charge >= 0.3 is 0 Å². The molecule has 0 aliphatic heterocycles. The molecule has 52 valence electrons. The average molecular weight is 154 g/mol. The highest BCUT2D eigenvalue weighted by molar-refractivity contribution is 6.33. The van der Waals surface area contributed by atoms with Crippen LogP contribution in [-0.4, -0.2) is 5.71 Å². The number of allylic oxidation sites excluding steroid dienone is 6. The first kappa shape index (κ1) is 7.29. The molecular weight excluding hydrogens is 146 g/mol. The van der Waals surface area contributed by atoms with Gasteiger partial charge in [0, 0.05) is 5.03 Å². The molecule has 0 spiro atoms. The van der Waals surface area contributed by atoms with Crippen molar-refractivity contribution in [3.63, 3.8) is 0 Å². The van der Waals surface area contributed by atoms with Gasteiger partial charge in [0.1, 0.15) is 0 Å². The van der Waals surface area contributed by atoms with E-state index in [1.54, 1.807) is 18.2 Å². The summed E-state index contributed by atoms with van der Waals surface area (Å²) in [5.41, 5.74) is 1.40. The molecule has 0 saturated carbocycles. The van der Waals surface area contributed by atoms with E-state index in [0.29, 0.717) is 10.7 Å². The fourth-order valence-corrected chi connectivity index (χ4v) is 0.953. The second kappa shape index (κ2) is 2.84. The summed E-state index contributed by atoms with van der Waals surface area (Å²) in [6, 6.07) is 0. The average Bonchev–Trinajstić information content (AvgIpc) is 1.94. The molecule has 0 atom stereocenters. The summed E-state index contributed by atoms with van der Waals surface area (Å²) in [4.78, 5) is 0. The number of hydrogen-bond donors (Lipinski definition) is 1. The van der Waals surface area contributed by atoms with E-state index in [-0.39, 0.29) is 0 Å². The van der Waals surface area contributed by atoms with E-state index in [2.05, 4.69) is 0 Å².